The lowest BCUT2D eigenvalue weighted by Crippen LogP contribution is -2.57. The van der Waals surface area contributed by atoms with Crippen molar-refractivity contribution in [1.29, 1.82) is 0 Å². The first-order valence-electron chi connectivity index (χ1n) is 7.92. The fourth-order valence-corrected chi connectivity index (χ4v) is 3.71. The Morgan fingerprint density at radius 2 is 1.78 bits per heavy atom. The standard InChI is InChI=1S/C17H25NO4S/c1-4-16(19)17(2,18-9-11-22-12-10-18)13-14-5-7-15(8-6-14)23(3,20)21/h5-8H,4,9-13H2,1-3H3. The lowest BCUT2D eigenvalue weighted by molar-refractivity contribution is -0.133. The van der Waals surface area contributed by atoms with Gasteiger partial charge in [0.15, 0.2) is 15.6 Å². The number of hydrogen-bond donors (Lipinski definition) is 0. The van der Waals surface area contributed by atoms with Crippen molar-refractivity contribution in [3.63, 3.8) is 0 Å². The molecule has 2 rings (SSSR count). The maximum atomic E-state index is 12.6. The number of ether oxygens (including phenoxy) is 1. The Kier molecular flexibility index (Phi) is 5.60. The summed E-state index contributed by atoms with van der Waals surface area (Å²) in [6.07, 6.45) is 2.25. The number of morpholine rings is 1. The number of benzene rings is 1. The van der Waals surface area contributed by atoms with Crippen LogP contribution in [0.3, 0.4) is 0 Å². The number of carbonyl (C=O) groups is 1. The SMILES string of the molecule is CCC(=O)C(C)(Cc1ccc(S(C)(=O)=O)cc1)N1CCOCC1. The predicted molar refractivity (Wildman–Crippen MR) is 89.4 cm³/mol. The first kappa shape index (κ1) is 18.1. The van der Waals surface area contributed by atoms with Crippen LogP contribution in [-0.2, 0) is 25.8 Å². The van der Waals surface area contributed by atoms with E-state index >= 15 is 0 Å². The lowest BCUT2D eigenvalue weighted by atomic mass is 9.85. The predicted octanol–water partition coefficient (Wildman–Crippen LogP) is 1.70. The van der Waals surface area contributed by atoms with Crippen molar-refractivity contribution in [3.05, 3.63) is 29.8 Å². The van der Waals surface area contributed by atoms with Crippen LogP contribution in [0.5, 0.6) is 0 Å². The summed E-state index contributed by atoms with van der Waals surface area (Å²) in [5, 5.41) is 0. The normalized spacial score (nSPS) is 19.3. The molecule has 0 saturated carbocycles. The molecule has 0 bridgehead atoms. The van der Waals surface area contributed by atoms with Crippen molar-refractivity contribution in [1.82, 2.24) is 4.90 Å². The molecule has 5 nitrogen and oxygen atoms in total. The molecule has 0 N–H and O–H groups in total. The molecule has 23 heavy (non-hydrogen) atoms. The molecule has 0 radical (unpaired) electrons. The van der Waals surface area contributed by atoms with Gasteiger partial charge in [-0.05, 0) is 31.0 Å². The molecule has 1 aliphatic heterocycles. The molecule has 1 unspecified atom stereocenters. The second kappa shape index (κ2) is 7.11. The van der Waals surface area contributed by atoms with Gasteiger partial charge in [-0.1, -0.05) is 19.1 Å². The van der Waals surface area contributed by atoms with E-state index in [2.05, 4.69) is 4.90 Å². The third kappa shape index (κ3) is 4.19. The molecule has 1 aromatic carbocycles. The minimum absolute atomic E-state index is 0.201. The van der Waals surface area contributed by atoms with Crippen molar-refractivity contribution in [2.45, 2.75) is 37.1 Å². The van der Waals surface area contributed by atoms with E-state index in [1.54, 1.807) is 24.3 Å². The highest BCUT2D eigenvalue weighted by molar-refractivity contribution is 7.90. The molecule has 1 heterocycles. The summed E-state index contributed by atoms with van der Waals surface area (Å²) in [5.41, 5.74) is 0.388. The first-order chi connectivity index (χ1) is 10.8. The smallest absolute Gasteiger partial charge is 0.175 e. The third-order valence-corrected chi connectivity index (χ3v) is 5.66. The van der Waals surface area contributed by atoms with Gasteiger partial charge in [-0.15, -0.1) is 0 Å². The molecule has 0 amide bonds. The number of rotatable bonds is 6. The molecule has 128 valence electrons. The van der Waals surface area contributed by atoms with Gasteiger partial charge in [0.2, 0.25) is 0 Å². The molecule has 0 aromatic heterocycles. The van der Waals surface area contributed by atoms with Crippen LogP contribution >= 0.6 is 0 Å². The first-order valence-corrected chi connectivity index (χ1v) is 9.81. The van der Waals surface area contributed by atoms with Crippen LogP contribution in [0.25, 0.3) is 0 Å². The molecular weight excluding hydrogens is 314 g/mol. The van der Waals surface area contributed by atoms with E-state index in [0.29, 0.717) is 31.0 Å². The van der Waals surface area contributed by atoms with Gasteiger partial charge in [0, 0.05) is 25.8 Å². The van der Waals surface area contributed by atoms with Gasteiger partial charge in [0.05, 0.1) is 23.6 Å². The van der Waals surface area contributed by atoms with Gasteiger partial charge in [0.1, 0.15) is 0 Å². The van der Waals surface area contributed by atoms with Crippen LogP contribution in [0.15, 0.2) is 29.2 Å². The monoisotopic (exact) mass is 339 g/mol. The molecular formula is C17H25NO4S. The van der Waals surface area contributed by atoms with Crippen molar-refractivity contribution < 1.29 is 17.9 Å². The maximum Gasteiger partial charge on any atom is 0.175 e. The van der Waals surface area contributed by atoms with Gasteiger partial charge in [-0.25, -0.2) is 8.42 Å². The lowest BCUT2D eigenvalue weighted by Gasteiger charge is -2.42. The molecule has 1 aliphatic rings. The number of carbonyl (C=O) groups excluding carboxylic acids is 1. The highest BCUT2D eigenvalue weighted by atomic mass is 32.2. The molecule has 1 atom stereocenters. The summed E-state index contributed by atoms with van der Waals surface area (Å²) in [4.78, 5) is 15.1. The Morgan fingerprint density at radius 3 is 2.26 bits per heavy atom. The second-order valence-corrected chi connectivity index (χ2v) is 8.26. The van der Waals surface area contributed by atoms with E-state index in [9.17, 15) is 13.2 Å². The molecule has 1 saturated heterocycles. The van der Waals surface area contributed by atoms with Crippen molar-refractivity contribution in [3.8, 4) is 0 Å². The van der Waals surface area contributed by atoms with E-state index < -0.39 is 15.4 Å². The summed E-state index contributed by atoms with van der Waals surface area (Å²) >= 11 is 0. The highest BCUT2D eigenvalue weighted by Gasteiger charge is 2.38. The molecule has 1 fully saturated rings. The van der Waals surface area contributed by atoms with Gasteiger partial charge in [-0.2, -0.15) is 0 Å². The fourth-order valence-electron chi connectivity index (χ4n) is 3.08. The Bertz CT molecular complexity index is 648. The van der Waals surface area contributed by atoms with E-state index in [1.807, 2.05) is 13.8 Å². The number of Topliss-reactive ketones (excluding diaryl/α,β-unsaturated/α-hetero) is 1. The van der Waals surface area contributed by atoms with Crippen LogP contribution in [0, 0.1) is 0 Å². The summed E-state index contributed by atoms with van der Waals surface area (Å²) in [7, 11) is -3.20. The maximum absolute atomic E-state index is 12.6. The summed E-state index contributed by atoms with van der Waals surface area (Å²) in [6, 6.07) is 6.83. The number of nitrogens with zero attached hydrogens (tertiary/aromatic N) is 1. The molecule has 1 aromatic rings. The minimum atomic E-state index is -3.20. The van der Waals surface area contributed by atoms with Crippen LogP contribution in [0.4, 0.5) is 0 Å². The highest BCUT2D eigenvalue weighted by Crippen LogP contribution is 2.25. The van der Waals surface area contributed by atoms with Crippen LogP contribution in [-0.4, -0.2) is 57.2 Å². The van der Waals surface area contributed by atoms with E-state index in [-0.39, 0.29) is 5.78 Å². The van der Waals surface area contributed by atoms with Gasteiger partial charge in [-0.3, -0.25) is 9.69 Å². The van der Waals surface area contributed by atoms with Crippen molar-refractivity contribution in [2.24, 2.45) is 0 Å². The van der Waals surface area contributed by atoms with Crippen molar-refractivity contribution >= 4 is 15.6 Å². The van der Waals surface area contributed by atoms with Gasteiger partial charge >= 0.3 is 0 Å². The summed E-state index contributed by atoms with van der Waals surface area (Å²) < 4.78 is 28.5. The minimum Gasteiger partial charge on any atom is -0.379 e. The van der Waals surface area contributed by atoms with Crippen LogP contribution < -0.4 is 0 Å². The Hall–Kier alpha value is -1.24. The molecule has 0 aliphatic carbocycles. The zero-order valence-electron chi connectivity index (χ0n) is 14.0. The second-order valence-electron chi connectivity index (χ2n) is 6.24. The average molecular weight is 339 g/mol. The average Bonchev–Trinajstić information content (AvgIpc) is 2.54. The number of ketones is 1. The molecule has 6 heteroatoms. The topological polar surface area (TPSA) is 63.7 Å². The largest absolute Gasteiger partial charge is 0.379 e. The number of sulfone groups is 1. The zero-order valence-corrected chi connectivity index (χ0v) is 14.9. The van der Waals surface area contributed by atoms with Crippen LogP contribution in [0.2, 0.25) is 0 Å². The van der Waals surface area contributed by atoms with E-state index in [1.165, 1.54) is 6.26 Å². The fraction of sp³-hybridized carbons (Fsp3) is 0.588. The van der Waals surface area contributed by atoms with Crippen LogP contribution in [0.1, 0.15) is 25.8 Å². The zero-order chi connectivity index (χ0) is 17.1. The summed E-state index contributed by atoms with van der Waals surface area (Å²) in [5.74, 6) is 0.201. The van der Waals surface area contributed by atoms with Crippen molar-refractivity contribution in [2.75, 3.05) is 32.6 Å². The van der Waals surface area contributed by atoms with E-state index in [4.69, 9.17) is 4.74 Å². The quantitative estimate of drug-likeness (QED) is 0.789. The van der Waals surface area contributed by atoms with Gasteiger partial charge < -0.3 is 4.74 Å². The summed E-state index contributed by atoms with van der Waals surface area (Å²) in [6.45, 7) is 6.62. The number of hydrogen-bond acceptors (Lipinski definition) is 5. The Balaban J connectivity index is 2.25. The van der Waals surface area contributed by atoms with Gasteiger partial charge in [0.25, 0.3) is 0 Å². The van der Waals surface area contributed by atoms with E-state index in [0.717, 1.165) is 18.7 Å². The third-order valence-electron chi connectivity index (χ3n) is 4.53. The molecule has 0 spiro atoms. The Labute approximate surface area is 138 Å². The Morgan fingerprint density at radius 1 is 1.22 bits per heavy atom.